The smallest absolute Gasteiger partial charge is 0.323 e. The number of hydrogen-bond acceptors (Lipinski definition) is 4. The van der Waals surface area contributed by atoms with E-state index in [4.69, 9.17) is 0 Å². The lowest BCUT2D eigenvalue weighted by Gasteiger charge is -2.34. The molecule has 0 aliphatic heterocycles. The number of aliphatic carboxylic acids is 1. The van der Waals surface area contributed by atoms with Gasteiger partial charge in [0.15, 0.2) is 5.78 Å². The minimum absolute atomic E-state index is 0.0479. The van der Waals surface area contributed by atoms with Crippen molar-refractivity contribution in [3.8, 4) is 0 Å². The maximum atomic E-state index is 12.2. The lowest BCUT2D eigenvalue weighted by Crippen LogP contribution is -2.53. The summed E-state index contributed by atoms with van der Waals surface area (Å²) in [6.45, 7) is 1.77. The van der Waals surface area contributed by atoms with Crippen LogP contribution in [0.2, 0.25) is 0 Å². The van der Waals surface area contributed by atoms with E-state index < -0.39 is 11.5 Å². The third-order valence-electron chi connectivity index (χ3n) is 4.46. The van der Waals surface area contributed by atoms with E-state index >= 15 is 0 Å². The Morgan fingerprint density at radius 3 is 2.25 bits per heavy atom. The lowest BCUT2D eigenvalue weighted by molar-refractivity contribution is -0.146. The molecule has 0 saturated heterocycles. The number of anilines is 1. The van der Waals surface area contributed by atoms with Crippen molar-refractivity contribution in [1.29, 1.82) is 0 Å². The molecule has 2 rings (SSSR count). The zero-order chi connectivity index (χ0) is 17.6. The summed E-state index contributed by atoms with van der Waals surface area (Å²) < 4.78 is 0. The van der Waals surface area contributed by atoms with Crippen molar-refractivity contribution < 1.29 is 19.5 Å². The number of carboxylic acid groups (broad SMARTS) is 1. The van der Waals surface area contributed by atoms with Gasteiger partial charge in [-0.05, 0) is 37.1 Å². The van der Waals surface area contributed by atoms with Crippen molar-refractivity contribution in [2.75, 3.05) is 11.9 Å². The van der Waals surface area contributed by atoms with Crippen LogP contribution in [0.3, 0.4) is 0 Å². The first-order valence-corrected chi connectivity index (χ1v) is 8.32. The number of nitrogens with one attached hydrogen (secondary N) is 2. The van der Waals surface area contributed by atoms with E-state index in [1.54, 1.807) is 24.3 Å². The zero-order valence-corrected chi connectivity index (χ0v) is 13.9. The van der Waals surface area contributed by atoms with Crippen LogP contribution in [-0.4, -0.2) is 34.8 Å². The summed E-state index contributed by atoms with van der Waals surface area (Å²) >= 11 is 0. The minimum Gasteiger partial charge on any atom is -0.480 e. The van der Waals surface area contributed by atoms with Crippen LogP contribution in [0.4, 0.5) is 5.69 Å². The molecule has 1 aromatic rings. The molecule has 0 atom stereocenters. The molecule has 0 radical (unpaired) electrons. The molecule has 24 heavy (non-hydrogen) atoms. The van der Waals surface area contributed by atoms with Gasteiger partial charge in [-0.1, -0.05) is 19.3 Å². The second-order valence-corrected chi connectivity index (χ2v) is 6.31. The van der Waals surface area contributed by atoms with Crippen molar-refractivity contribution >= 4 is 23.3 Å². The first-order chi connectivity index (χ1) is 11.4. The van der Waals surface area contributed by atoms with E-state index in [2.05, 4.69) is 10.6 Å². The molecule has 130 valence electrons. The SMILES string of the molecule is CC(=O)Nc1ccc(C(=O)CCNC2(C(=O)O)CCCCC2)cc1. The maximum Gasteiger partial charge on any atom is 0.323 e. The number of benzene rings is 1. The van der Waals surface area contributed by atoms with Crippen molar-refractivity contribution in [2.45, 2.75) is 51.0 Å². The number of carboxylic acids is 1. The number of hydrogen-bond donors (Lipinski definition) is 3. The summed E-state index contributed by atoms with van der Waals surface area (Å²) in [6, 6.07) is 6.70. The van der Waals surface area contributed by atoms with Crippen LogP contribution in [0.15, 0.2) is 24.3 Å². The van der Waals surface area contributed by atoms with Crippen LogP contribution in [-0.2, 0) is 9.59 Å². The van der Waals surface area contributed by atoms with Crippen LogP contribution < -0.4 is 10.6 Å². The summed E-state index contributed by atoms with van der Waals surface area (Å²) in [5.41, 5.74) is 0.316. The third kappa shape index (κ3) is 4.64. The molecule has 0 heterocycles. The molecule has 0 aromatic heterocycles. The highest BCUT2D eigenvalue weighted by atomic mass is 16.4. The standard InChI is InChI=1S/C18H24N2O4/c1-13(21)20-15-7-5-14(6-8-15)16(22)9-12-19-18(17(23)24)10-3-2-4-11-18/h5-8,19H,2-4,9-12H2,1H3,(H,20,21)(H,23,24). The molecule has 1 aliphatic carbocycles. The molecule has 1 aliphatic rings. The van der Waals surface area contributed by atoms with E-state index in [0.717, 1.165) is 19.3 Å². The quantitative estimate of drug-likeness (QED) is 0.667. The van der Waals surface area contributed by atoms with E-state index in [1.807, 2.05) is 0 Å². The van der Waals surface area contributed by atoms with Crippen LogP contribution in [0.1, 0.15) is 55.8 Å². The predicted molar refractivity (Wildman–Crippen MR) is 91.1 cm³/mol. The number of carbonyl (C=O) groups excluding carboxylic acids is 2. The first kappa shape index (κ1) is 18.1. The highest BCUT2D eigenvalue weighted by Gasteiger charge is 2.38. The topological polar surface area (TPSA) is 95.5 Å². The summed E-state index contributed by atoms with van der Waals surface area (Å²) in [7, 11) is 0. The summed E-state index contributed by atoms with van der Waals surface area (Å²) in [5.74, 6) is -1.03. The van der Waals surface area contributed by atoms with Gasteiger partial charge in [0.25, 0.3) is 0 Å². The summed E-state index contributed by atoms with van der Waals surface area (Å²) in [6.07, 6.45) is 4.34. The van der Waals surface area contributed by atoms with E-state index in [0.29, 0.717) is 30.6 Å². The van der Waals surface area contributed by atoms with E-state index in [1.165, 1.54) is 6.92 Å². The van der Waals surface area contributed by atoms with E-state index in [9.17, 15) is 19.5 Å². The minimum atomic E-state index is -0.881. The number of Topliss-reactive ketones (excluding diaryl/α,β-unsaturated/α-hetero) is 1. The Morgan fingerprint density at radius 2 is 1.71 bits per heavy atom. The first-order valence-electron chi connectivity index (χ1n) is 8.32. The highest BCUT2D eigenvalue weighted by molar-refractivity contribution is 5.97. The normalized spacial score (nSPS) is 16.4. The summed E-state index contributed by atoms with van der Waals surface area (Å²) in [5, 5.41) is 15.2. The predicted octanol–water partition coefficient (Wildman–Crippen LogP) is 2.59. The average Bonchev–Trinajstić information content (AvgIpc) is 2.55. The summed E-state index contributed by atoms with van der Waals surface area (Å²) in [4.78, 5) is 34.8. The fraction of sp³-hybridized carbons (Fsp3) is 0.500. The molecule has 6 heteroatoms. The van der Waals surface area contributed by atoms with Crippen molar-refractivity contribution in [3.63, 3.8) is 0 Å². The Hall–Kier alpha value is -2.21. The van der Waals surface area contributed by atoms with Gasteiger partial charge in [-0.2, -0.15) is 0 Å². The monoisotopic (exact) mass is 332 g/mol. The van der Waals surface area contributed by atoms with Gasteiger partial charge < -0.3 is 15.7 Å². The molecule has 1 fully saturated rings. The van der Waals surface area contributed by atoms with Crippen LogP contribution in [0.5, 0.6) is 0 Å². The Morgan fingerprint density at radius 1 is 1.08 bits per heavy atom. The van der Waals surface area contributed by atoms with Gasteiger partial charge in [0.05, 0.1) is 0 Å². The van der Waals surface area contributed by atoms with Crippen LogP contribution in [0, 0.1) is 0 Å². The van der Waals surface area contributed by atoms with E-state index in [-0.39, 0.29) is 18.1 Å². The van der Waals surface area contributed by atoms with Gasteiger partial charge in [0.1, 0.15) is 5.54 Å². The Kier molecular flexibility index (Phi) is 6.09. The molecule has 1 amide bonds. The van der Waals surface area contributed by atoms with Crippen molar-refractivity contribution in [1.82, 2.24) is 5.32 Å². The molecular weight excluding hydrogens is 308 g/mol. The third-order valence-corrected chi connectivity index (χ3v) is 4.46. The van der Waals surface area contributed by atoms with Gasteiger partial charge in [-0.3, -0.25) is 14.4 Å². The van der Waals surface area contributed by atoms with Crippen molar-refractivity contribution in [3.05, 3.63) is 29.8 Å². The maximum absolute atomic E-state index is 12.2. The number of carbonyl (C=O) groups is 3. The molecular formula is C18H24N2O4. The van der Waals surface area contributed by atoms with Gasteiger partial charge in [0, 0.05) is 31.1 Å². The number of ketones is 1. The van der Waals surface area contributed by atoms with Crippen LogP contribution in [0.25, 0.3) is 0 Å². The highest BCUT2D eigenvalue weighted by Crippen LogP contribution is 2.28. The average molecular weight is 332 g/mol. The fourth-order valence-corrected chi connectivity index (χ4v) is 3.12. The molecule has 0 spiro atoms. The van der Waals surface area contributed by atoms with Gasteiger partial charge in [0.2, 0.25) is 5.91 Å². The van der Waals surface area contributed by atoms with Gasteiger partial charge in [-0.25, -0.2) is 0 Å². The van der Waals surface area contributed by atoms with Gasteiger partial charge in [-0.15, -0.1) is 0 Å². The molecule has 3 N–H and O–H groups in total. The Labute approximate surface area is 141 Å². The second-order valence-electron chi connectivity index (χ2n) is 6.31. The molecule has 0 bridgehead atoms. The zero-order valence-electron chi connectivity index (χ0n) is 13.9. The second kappa shape index (κ2) is 8.06. The molecule has 0 unspecified atom stereocenters. The van der Waals surface area contributed by atoms with Crippen LogP contribution >= 0.6 is 0 Å². The Bertz CT molecular complexity index is 604. The molecule has 1 aromatic carbocycles. The molecule has 1 saturated carbocycles. The number of amides is 1. The van der Waals surface area contributed by atoms with Crippen molar-refractivity contribution in [2.24, 2.45) is 0 Å². The molecule has 6 nitrogen and oxygen atoms in total. The Balaban J connectivity index is 1.88. The lowest BCUT2D eigenvalue weighted by atomic mass is 9.81. The largest absolute Gasteiger partial charge is 0.480 e. The fourth-order valence-electron chi connectivity index (χ4n) is 3.12. The van der Waals surface area contributed by atoms with Gasteiger partial charge >= 0.3 is 5.97 Å². The number of rotatable bonds is 7.